The molecule has 1 fully saturated rings. The fraction of sp³-hybridized carbons (Fsp3) is 0.259. The number of ketones is 1. The third-order valence-corrected chi connectivity index (χ3v) is 7.83. The van der Waals surface area contributed by atoms with E-state index in [0.29, 0.717) is 12.5 Å². The first-order valence-electron chi connectivity index (χ1n) is 11.3. The van der Waals surface area contributed by atoms with Crippen LogP contribution < -0.4 is 0 Å². The van der Waals surface area contributed by atoms with E-state index in [1.54, 1.807) is 19.1 Å². The van der Waals surface area contributed by atoms with Crippen LogP contribution in [-0.4, -0.2) is 35.3 Å². The van der Waals surface area contributed by atoms with Gasteiger partial charge in [0.15, 0.2) is 15.6 Å². The van der Waals surface area contributed by atoms with E-state index in [-0.39, 0.29) is 11.4 Å². The van der Waals surface area contributed by atoms with Gasteiger partial charge in [-0.3, -0.25) is 4.79 Å². The fourth-order valence-corrected chi connectivity index (χ4v) is 4.99. The van der Waals surface area contributed by atoms with Crippen molar-refractivity contribution in [2.75, 3.05) is 11.5 Å². The van der Waals surface area contributed by atoms with Crippen molar-refractivity contribution < 1.29 is 13.2 Å². The van der Waals surface area contributed by atoms with Crippen LogP contribution in [0.2, 0.25) is 0 Å². The quantitative estimate of drug-likeness (QED) is 0.338. The van der Waals surface area contributed by atoms with Crippen LogP contribution in [0, 0.1) is 0 Å². The number of sulfone groups is 1. The molecule has 0 saturated heterocycles. The average molecular weight is 459 g/mol. The van der Waals surface area contributed by atoms with Crippen LogP contribution in [0.5, 0.6) is 0 Å². The first-order valence-corrected chi connectivity index (χ1v) is 13.1. The number of nitrogens with zero attached hydrogens (tertiary/aromatic N) is 2. The van der Waals surface area contributed by atoms with Gasteiger partial charge in [0.25, 0.3) is 0 Å². The Morgan fingerprint density at radius 1 is 1.00 bits per heavy atom. The number of pyridine rings is 1. The first-order chi connectivity index (χ1) is 15.9. The third kappa shape index (κ3) is 4.62. The highest BCUT2D eigenvalue weighted by molar-refractivity contribution is 7.92. The molecule has 0 amide bonds. The molecule has 0 bridgehead atoms. The highest BCUT2D eigenvalue weighted by Gasteiger charge is 2.24. The summed E-state index contributed by atoms with van der Waals surface area (Å²) in [5.41, 5.74) is 5.62. The summed E-state index contributed by atoms with van der Waals surface area (Å²) < 4.78 is 26.0. The van der Waals surface area contributed by atoms with Crippen LogP contribution in [0.4, 0.5) is 0 Å². The van der Waals surface area contributed by atoms with Crippen LogP contribution in [0.1, 0.15) is 47.4 Å². The van der Waals surface area contributed by atoms with E-state index in [9.17, 15) is 13.2 Å². The zero-order valence-corrected chi connectivity index (χ0v) is 19.4. The van der Waals surface area contributed by atoms with Crippen molar-refractivity contribution in [1.82, 2.24) is 9.55 Å². The molecule has 0 aliphatic heterocycles. The highest BCUT2D eigenvalue weighted by Crippen LogP contribution is 2.41. The Balaban J connectivity index is 1.54. The van der Waals surface area contributed by atoms with Crippen LogP contribution in [0.25, 0.3) is 22.2 Å². The fourth-order valence-electron chi connectivity index (χ4n) is 4.24. The topological polar surface area (TPSA) is 69.0 Å². The van der Waals surface area contributed by atoms with Gasteiger partial charge in [-0.1, -0.05) is 49.4 Å². The van der Waals surface area contributed by atoms with Crippen LogP contribution in [0.3, 0.4) is 0 Å². The minimum absolute atomic E-state index is 0.0585. The second-order valence-corrected chi connectivity index (χ2v) is 11.0. The summed E-state index contributed by atoms with van der Waals surface area (Å²) in [6, 6.07) is 24.4. The van der Waals surface area contributed by atoms with E-state index in [1.165, 1.54) is 23.8 Å². The number of hydrogen-bond donors (Lipinski definition) is 0. The van der Waals surface area contributed by atoms with Gasteiger partial charge in [0.2, 0.25) is 0 Å². The molecule has 2 aromatic heterocycles. The molecule has 0 unspecified atom stereocenters. The summed E-state index contributed by atoms with van der Waals surface area (Å²) >= 11 is 0. The van der Waals surface area contributed by atoms with E-state index >= 15 is 0 Å². The van der Waals surface area contributed by atoms with Gasteiger partial charge >= 0.3 is 0 Å². The second-order valence-electron chi connectivity index (χ2n) is 8.69. The van der Waals surface area contributed by atoms with Crippen molar-refractivity contribution in [2.24, 2.45) is 0 Å². The number of fused-ring (bicyclic) bond motifs is 1. The molecule has 0 atom stereocenters. The molecule has 2 heterocycles. The average Bonchev–Trinajstić information content (AvgIpc) is 3.62. The van der Waals surface area contributed by atoms with E-state index in [2.05, 4.69) is 45.9 Å². The smallest absolute Gasteiger partial charge is 0.196 e. The van der Waals surface area contributed by atoms with Gasteiger partial charge in [-0.05, 0) is 60.2 Å². The summed E-state index contributed by atoms with van der Waals surface area (Å²) in [6.07, 6.45) is 2.52. The molecule has 168 valence electrons. The molecule has 5 rings (SSSR count). The van der Waals surface area contributed by atoms with Crippen molar-refractivity contribution in [3.63, 3.8) is 0 Å². The lowest BCUT2D eigenvalue weighted by Crippen LogP contribution is -2.19. The zero-order chi connectivity index (χ0) is 23.0. The van der Waals surface area contributed by atoms with Crippen LogP contribution >= 0.6 is 0 Å². The number of carbonyl (C=O) groups is 1. The maximum atomic E-state index is 12.5. The molecular formula is C27H26N2O3S. The first kappa shape index (κ1) is 21.6. The molecular weight excluding hydrogens is 432 g/mol. The summed E-state index contributed by atoms with van der Waals surface area (Å²) in [4.78, 5) is 17.1. The highest BCUT2D eigenvalue weighted by atomic mass is 32.2. The Kier molecular flexibility index (Phi) is 5.62. The van der Waals surface area contributed by atoms with Crippen molar-refractivity contribution >= 4 is 26.5 Å². The third-order valence-electron chi connectivity index (χ3n) is 6.25. The Labute approximate surface area is 194 Å². The van der Waals surface area contributed by atoms with E-state index in [0.717, 1.165) is 22.5 Å². The second kappa shape index (κ2) is 8.60. The number of Topliss-reactive ketones (excluding diaryl/α,β-unsaturated/α-hetero) is 1. The van der Waals surface area contributed by atoms with E-state index < -0.39 is 21.4 Å². The Bertz CT molecular complexity index is 1440. The van der Waals surface area contributed by atoms with Crippen molar-refractivity contribution in [3.8, 4) is 11.3 Å². The van der Waals surface area contributed by atoms with Crippen molar-refractivity contribution in [1.29, 1.82) is 0 Å². The molecule has 6 heteroatoms. The van der Waals surface area contributed by atoms with Crippen LogP contribution in [0.15, 0.2) is 72.8 Å². The lowest BCUT2D eigenvalue weighted by molar-refractivity contribution is 0.101. The maximum Gasteiger partial charge on any atom is 0.196 e. The van der Waals surface area contributed by atoms with Crippen molar-refractivity contribution in [3.05, 3.63) is 89.7 Å². The molecule has 33 heavy (non-hydrogen) atoms. The number of carbonyl (C=O) groups excluding carboxylic acids is 1. The molecule has 4 aromatic rings. The molecule has 2 aromatic carbocycles. The van der Waals surface area contributed by atoms with Gasteiger partial charge in [-0.15, -0.1) is 0 Å². The molecule has 0 N–H and O–H groups in total. The summed E-state index contributed by atoms with van der Waals surface area (Å²) in [5.74, 6) is -0.349. The molecule has 1 aliphatic carbocycles. The SMILES string of the molecule is CCS(=O)(=O)CC(=O)c1cccc(Cn2c(-c3ccccc3)cc3cc(C4CC4)ccc32)n1. The lowest BCUT2D eigenvalue weighted by atomic mass is 10.1. The summed E-state index contributed by atoms with van der Waals surface area (Å²) in [7, 11) is -3.40. The number of aromatic nitrogens is 2. The van der Waals surface area contributed by atoms with E-state index in [4.69, 9.17) is 0 Å². The summed E-state index contributed by atoms with van der Waals surface area (Å²) in [5, 5.41) is 1.19. The normalized spacial score (nSPS) is 14.0. The number of hydrogen-bond acceptors (Lipinski definition) is 4. The molecule has 0 radical (unpaired) electrons. The molecule has 0 spiro atoms. The monoisotopic (exact) mass is 458 g/mol. The predicted molar refractivity (Wildman–Crippen MR) is 131 cm³/mol. The van der Waals surface area contributed by atoms with Gasteiger partial charge < -0.3 is 4.57 Å². The molecule has 5 nitrogen and oxygen atoms in total. The minimum atomic E-state index is -3.40. The van der Waals surface area contributed by atoms with Crippen LogP contribution in [-0.2, 0) is 16.4 Å². The van der Waals surface area contributed by atoms with Gasteiger partial charge in [-0.2, -0.15) is 0 Å². The van der Waals surface area contributed by atoms with E-state index in [1.807, 2.05) is 24.3 Å². The minimum Gasteiger partial charge on any atom is -0.334 e. The van der Waals surface area contributed by atoms with Gasteiger partial charge in [0.05, 0.1) is 12.2 Å². The van der Waals surface area contributed by atoms with Crippen molar-refractivity contribution in [2.45, 2.75) is 32.2 Å². The lowest BCUT2D eigenvalue weighted by Gasteiger charge is -2.12. The number of benzene rings is 2. The van der Waals surface area contributed by atoms with Gasteiger partial charge in [0.1, 0.15) is 11.4 Å². The Hall–Kier alpha value is -3.25. The maximum absolute atomic E-state index is 12.5. The Morgan fingerprint density at radius 3 is 2.52 bits per heavy atom. The standard InChI is InChI=1S/C27H26N2O3S/c1-2-33(31,32)18-27(30)24-10-6-9-23(28-24)17-29-25-14-13-21(19-11-12-19)15-22(25)16-26(29)20-7-4-3-5-8-20/h3-10,13-16,19H,2,11-12,17-18H2,1H3. The van der Waals surface area contributed by atoms with Gasteiger partial charge in [0, 0.05) is 22.3 Å². The van der Waals surface area contributed by atoms with Gasteiger partial charge in [-0.25, -0.2) is 13.4 Å². The Morgan fingerprint density at radius 2 is 1.79 bits per heavy atom. The zero-order valence-electron chi connectivity index (χ0n) is 18.6. The molecule has 1 aliphatic rings. The molecule has 1 saturated carbocycles. The number of rotatable bonds is 8. The summed E-state index contributed by atoms with van der Waals surface area (Å²) in [6.45, 7) is 2.03. The predicted octanol–water partition coefficient (Wildman–Crippen LogP) is 5.25. The largest absolute Gasteiger partial charge is 0.334 e.